The Labute approximate surface area is 90.6 Å². The van der Waals surface area contributed by atoms with Crippen molar-refractivity contribution >= 4 is 11.6 Å². The zero-order chi connectivity index (χ0) is 10.7. The first kappa shape index (κ1) is 11.3. The van der Waals surface area contributed by atoms with E-state index < -0.39 is 0 Å². The third-order valence-electron chi connectivity index (χ3n) is 2.19. The molecule has 14 heavy (non-hydrogen) atoms. The molecule has 1 rings (SSSR count). The fraction of sp³-hybridized carbons (Fsp3) is 0.333. The lowest BCUT2D eigenvalue weighted by Crippen LogP contribution is -2.10. The van der Waals surface area contributed by atoms with Crippen molar-refractivity contribution in [2.24, 2.45) is 5.73 Å². The minimum Gasteiger partial charge on any atom is -0.324 e. The van der Waals surface area contributed by atoms with Gasteiger partial charge in [0.15, 0.2) is 0 Å². The third-order valence-corrected chi connectivity index (χ3v) is 2.60. The van der Waals surface area contributed by atoms with Gasteiger partial charge in [-0.3, -0.25) is 0 Å². The van der Waals surface area contributed by atoms with E-state index in [1.54, 1.807) is 0 Å². The molecular formula is C12H16ClN. The van der Waals surface area contributed by atoms with Gasteiger partial charge in [0.25, 0.3) is 0 Å². The molecule has 1 unspecified atom stereocenters. The van der Waals surface area contributed by atoms with Crippen molar-refractivity contribution in [2.45, 2.75) is 26.3 Å². The molecule has 76 valence electrons. The summed E-state index contributed by atoms with van der Waals surface area (Å²) >= 11 is 6.02. The highest BCUT2D eigenvalue weighted by atomic mass is 35.5. The van der Waals surface area contributed by atoms with Gasteiger partial charge in [-0.25, -0.2) is 0 Å². The highest BCUT2D eigenvalue weighted by Gasteiger charge is 2.07. The Balaban J connectivity index is 2.85. The van der Waals surface area contributed by atoms with Crippen LogP contribution >= 0.6 is 11.6 Å². The summed E-state index contributed by atoms with van der Waals surface area (Å²) in [7, 11) is 0. The van der Waals surface area contributed by atoms with Crippen molar-refractivity contribution in [3.8, 4) is 0 Å². The molecule has 0 saturated carbocycles. The molecule has 0 bridgehead atoms. The molecule has 0 heterocycles. The van der Waals surface area contributed by atoms with E-state index >= 15 is 0 Å². The summed E-state index contributed by atoms with van der Waals surface area (Å²) in [5.41, 5.74) is 9.24. The highest BCUT2D eigenvalue weighted by Crippen LogP contribution is 2.23. The van der Waals surface area contributed by atoms with Crippen LogP contribution in [0.4, 0.5) is 0 Å². The van der Waals surface area contributed by atoms with Crippen LogP contribution in [0, 0.1) is 6.92 Å². The van der Waals surface area contributed by atoms with Gasteiger partial charge in [0, 0.05) is 11.1 Å². The van der Waals surface area contributed by atoms with Crippen molar-refractivity contribution in [3.63, 3.8) is 0 Å². The fourth-order valence-corrected chi connectivity index (χ4v) is 1.52. The predicted octanol–water partition coefficient (Wildman–Crippen LogP) is 3.61. The molecule has 1 nitrogen and oxygen atoms in total. The topological polar surface area (TPSA) is 26.0 Å². The normalized spacial score (nSPS) is 12.6. The standard InChI is InChI=1S/C12H16ClN/c1-8(2)6-12(14)10-5-4-9(3)11(13)7-10/h4-5,7,12H,1,6,14H2,2-3H3. The average Bonchev–Trinajstić information content (AvgIpc) is 2.08. The lowest BCUT2D eigenvalue weighted by Gasteiger charge is -2.12. The number of aryl methyl sites for hydroxylation is 1. The van der Waals surface area contributed by atoms with Crippen molar-refractivity contribution < 1.29 is 0 Å². The summed E-state index contributed by atoms with van der Waals surface area (Å²) < 4.78 is 0. The fourth-order valence-electron chi connectivity index (χ4n) is 1.33. The molecule has 0 aliphatic heterocycles. The van der Waals surface area contributed by atoms with Crippen molar-refractivity contribution in [1.29, 1.82) is 0 Å². The van der Waals surface area contributed by atoms with Gasteiger partial charge in [-0.1, -0.05) is 29.3 Å². The van der Waals surface area contributed by atoms with Crippen LogP contribution in [0.2, 0.25) is 5.02 Å². The van der Waals surface area contributed by atoms with Gasteiger partial charge in [0.1, 0.15) is 0 Å². The molecule has 1 atom stereocenters. The van der Waals surface area contributed by atoms with Crippen molar-refractivity contribution in [3.05, 3.63) is 46.5 Å². The SMILES string of the molecule is C=C(C)CC(N)c1ccc(C)c(Cl)c1. The Morgan fingerprint density at radius 3 is 2.71 bits per heavy atom. The van der Waals surface area contributed by atoms with E-state index in [0.717, 1.165) is 28.1 Å². The lowest BCUT2D eigenvalue weighted by molar-refractivity contribution is 0.717. The van der Waals surface area contributed by atoms with Crippen LogP contribution in [0.1, 0.15) is 30.5 Å². The van der Waals surface area contributed by atoms with Crippen LogP contribution in [0.15, 0.2) is 30.4 Å². The number of halogens is 1. The van der Waals surface area contributed by atoms with Gasteiger partial charge in [0.05, 0.1) is 0 Å². The summed E-state index contributed by atoms with van der Waals surface area (Å²) in [5.74, 6) is 0. The second-order valence-corrected chi connectivity index (χ2v) is 4.18. The first-order chi connectivity index (χ1) is 6.50. The summed E-state index contributed by atoms with van der Waals surface area (Å²) in [4.78, 5) is 0. The Morgan fingerprint density at radius 2 is 2.21 bits per heavy atom. The number of hydrogen-bond donors (Lipinski definition) is 1. The minimum atomic E-state index is 0.00519. The zero-order valence-electron chi connectivity index (χ0n) is 8.68. The quantitative estimate of drug-likeness (QED) is 0.757. The molecule has 2 heteroatoms. The largest absolute Gasteiger partial charge is 0.324 e. The van der Waals surface area contributed by atoms with Crippen LogP contribution in [-0.2, 0) is 0 Å². The van der Waals surface area contributed by atoms with E-state index in [1.807, 2.05) is 32.0 Å². The smallest absolute Gasteiger partial charge is 0.0438 e. The number of rotatable bonds is 3. The summed E-state index contributed by atoms with van der Waals surface area (Å²) in [6.07, 6.45) is 0.805. The van der Waals surface area contributed by atoms with E-state index in [1.165, 1.54) is 0 Å². The molecule has 0 aliphatic rings. The second-order valence-electron chi connectivity index (χ2n) is 3.78. The molecule has 1 aromatic rings. The van der Waals surface area contributed by atoms with Gasteiger partial charge in [-0.05, 0) is 37.5 Å². The molecule has 1 aromatic carbocycles. The van der Waals surface area contributed by atoms with E-state index in [9.17, 15) is 0 Å². The molecular weight excluding hydrogens is 194 g/mol. The molecule has 0 aliphatic carbocycles. The van der Waals surface area contributed by atoms with E-state index in [-0.39, 0.29) is 6.04 Å². The molecule has 0 aromatic heterocycles. The first-order valence-electron chi connectivity index (χ1n) is 4.66. The Bertz CT molecular complexity index is 344. The molecule has 2 N–H and O–H groups in total. The summed E-state index contributed by atoms with van der Waals surface area (Å²) in [5, 5.41) is 0.777. The monoisotopic (exact) mass is 209 g/mol. The average molecular weight is 210 g/mol. The van der Waals surface area contributed by atoms with Crippen LogP contribution in [0.3, 0.4) is 0 Å². The first-order valence-corrected chi connectivity index (χ1v) is 5.04. The zero-order valence-corrected chi connectivity index (χ0v) is 9.43. The molecule has 0 amide bonds. The lowest BCUT2D eigenvalue weighted by atomic mass is 10.0. The van der Waals surface area contributed by atoms with Crippen LogP contribution in [0.5, 0.6) is 0 Å². The maximum atomic E-state index is 6.02. The third kappa shape index (κ3) is 2.86. The van der Waals surface area contributed by atoms with Gasteiger partial charge >= 0.3 is 0 Å². The maximum Gasteiger partial charge on any atom is 0.0438 e. The Kier molecular flexibility index (Phi) is 3.73. The highest BCUT2D eigenvalue weighted by molar-refractivity contribution is 6.31. The minimum absolute atomic E-state index is 0.00519. The number of benzene rings is 1. The van der Waals surface area contributed by atoms with Gasteiger partial charge in [-0.15, -0.1) is 6.58 Å². The number of hydrogen-bond acceptors (Lipinski definition) is 1. The van der Waals surface area contributed by atoms with Gasteiger partial charge in [-0.2, -0.15) is 0 Å². The predicted molar refractivity (Wildman–Crippen MR) is 62.5 cm³/mol. The van der Waals surface area contributed by atoms with Crippen LogP contribution in [-0.4, -0.2) is 0 Å². The second kappa shape index (κ2) is 4.63. The van der Waals surface area contributed by atoms with Gasteiger partial charge < -0.3 is 5.73 Å². The van der Waals surface area contributed by atoms with Gasteiger partial charge in [0.2, 0.25) is 0 Å². The summed E-state index contributed by atoms with van der Waals surface area (Å²) in [6.45, 7) is 7.81. The van der Waals surface area contributed by atoms with Crippen molar-refractivity contribution in [2.75, 3.05) is 0 Å². The Morgan fingerprint density at radius 1 is 1.57 bits per heavy atom. The van der Waals surface area contributed by atoms with Crippen molar-refractivity contribution in [1.82, 2.24) is 0 Å². The molecule has 0 saturated heterocycles. The van der Waals surface area contributed by atoms with E-state index in [0.29, 0.717) is 0 Å². The van der Waals surface area contributed by atoms with Crippen LogP contribution < -0.4 is 5.73 Å². The maximum absolute atomic E-state index is 6.02. The number of nitrogens with two attached hydrogens (primary N) is 1. The Hall–Kier alpha value is -0.790. The molecule has 0 spiro atoms. The summed E-state index contributed by atoms with van der Waals surface area (Å²) in [6, 6.07) is 5.96. The van der Waals surface area contributed by atoms with E-state index in [4.69, 9.17) is 17.3 Å². The molecule has 0 radical (unpaired) electrons. The molecule has 0 fully saturated rings. The van der Waals surface area contributed by atoms with Crippen LogP contribution in [0.25, 0.3) is 0 Å². The van der Waals surface area contributed by atoms with E-state index in [2.05, 4.69) is 6.58 Å².